The van der Waals surface area contributed by atoms with Crippen LogP contribution in [0.5, 0.6) is 0 Å². The zero-order chi connectivity index (χ0) is 10.6. The van der Waals surface area contributed by atoms with Gasteiger partial charge in [0.25, 0.3) is 5.69 Å². The molecule has 0 fully saturated rings. The molecule has 0 N–H and O–H groups in total. The number of nitro groups is 1. The van der Waals surface area contributed by atoms with Crippen LogP contribution in [0.15, 0.2) is 29.4 Å². The van der Waals surface area contributed by atoms with Gasteiger partial charge in [0.1, 0.15) is 7.11 Å². The molecule has 0 spiro atoms. The zero-order valence-corrected chi connectivity index (χ0v) is 7.93. The summed E-state index contributed by atoms with van der Waals surface area (Å²) < 4.78 is 0. The first-order valence-corrected chi connectivity index (χ1v) is 3.97. The van der Waals surface area contributed by atoms with Crippen molar-refractivity contribution in [1.82, 2.24) is 0 Å². The van der Waals surface area contributed by atoms with Gasteiger partial charge in [-0.25, -0.2) is 0 Å². The van der Waals surface area contributed by atoms with Crippen molar-refractivity contribution in [1.29, 1.82) is 0 Å². The smallest absolute Gasteiger partial charge is 0.270 e. The Kier molecular flexibility index (Phi) is 3.17. The number of rotatable bonds is 3. The van der Waals surface area contributed by atoms with Crippen molar-refractivity contribution in [2.45, 2.75) is 6.92 Å². The molecule has 74 valence electrons. The van der Waals surface area contributed by atoms with E-state index in [0.29, 0.717) is 11.3 Å². The predicted molar refractivity (Wildman–Crippen MR) is 52.3 cm³/mol. The van der Waals surface area contributed by atoms with Gasteiger partial charge in [0.05, 0.1) is 10.6 Å². The summed E-state index contributed by atoms with van der Waals surface area (Å²) in [5.74, 6) is 0. The number of nitrogens with zero attached hydrogens (tertiary/aromatic N) is 2. The molecule has 0 bridgehead atoms. The average Bonchev–Trinajstić information content (AvgIpc) is 2.18. The Bertz CT molecular complexity index is 374. The van der Waals surface area contributed by atoms with Crippen molar-refractivity contribution in [2.24, 2.45) is 5.16 Å². The van der Waals surface area contributed by atoms with E-state index in [0.717, 1.165) is 0 Å². The van der Waals surface area contributed by atoms with Gasteiger partial charge >= 0.3 is 0 Å². The predicted octanol–water partition coefficient (Wildman–Crippen LogP) is 1.97. The lowest BCUT2D eigenvalue weighted by Gasteiger charge is -1.98. The summed E-state index contributed by atoms with van der Waals surface area (Å²) in [4.78, 5) is 14.6. The molecule has 0 aliphatic carbocycles. The minimum atomic E-state index is -0.441. The molecule has 0 aliphatic rings. The fourth-order valence-corrected chi connectivity index (χ4v) is 1.03. The quantitative estimate of drug-likeness (QED) is 0.419. The van der Waals surface area contributed by atoms with Crippen LogP contribution < -0.4 is 0 Å². The normalized spacial score (nSPS) is 11.1. The van der Waals surface area contributed by atoms with Crippen molar-refractivity contribution in [3.63, 3.8) is 0 Å². The monoisotopic (exact) mass is 194 g/mol. The lowest BCUT2D eigenvalue weighted by atomic mass is 10.1. The highest BCUT2D eigenvalue weighted by Gasteiger charge is 2.07. The second kappa shape index (κ2) is 4.36. The first-order valence-electron chi connectivity index (χ1n) is 3.97. The summed E-state index contributed by atoms with van der Waals surface area (Å²) in [5.41, 5.74) is 1.34. The maximum Gasteiger partial charge on any atom is 0.270 e. The van der Waals surface area contributed by atoms with E-state index in [9.17, 15) is 10.1 Å². The second-order valence-electron chi connectivity index (χ2n) is 2.67. The molecule has 5 heteroatoms. The van der Waals surface area contributed by atoms with Crippen molar-refractivity contribution < 1.29 is 9.76 Å². The summed E-state index contributed by atoms with van der Waals surface area (Å²) in [6.07, 6.45) is 0. The maximum absolute atomic E-state index is 10.5. The van der Waals surface area contributed by atoms with Crippen LogP contribution in [0, 0.1) is 10.1 Å². The number of hydrogen-bond acceptors (Lipinski definition) is 4. The maximum atomic E-state index is 10.5. The van der Waals surface area contributed by atoms with Crippen LogP contribution in [0.3, 0.4) is 0 Å². The molecule has 0 aromatic heterocycles. The Morgan fingerprint density at radius 1 is 1.57 bits per heavy atom. The van der Waals surface area contributed by atoms with Crippen molar-refractivity contribution in [2.75, 3.05) is 7.11 Å². The van der Waals surface area contributed by atoms with Crippen LogP contribution in [-0.2, 0) is 4.84 Å². The number of benzene rings is 1. The summed E-state index contributed by atoms with van der Waals surface area (Å²) in [5, 5.41) is 14.2. The molecule has 5 nitrogen and oxygen atoms in total. The molecule has 1 aromatic rings. The standard InChI is InChI=1S/C9H10N2O3/c1-7(10-14-2)8-4-3-5-9(6-8)11(12)13/h3-6H,1-2H3/b10-7+. The van der Waals surface area contributed by atoms with E-state index >= 15 is 0 Å². The third-order valence-corrected chi connectivity index (χ3v) is 1.70. The van der Waals surface area contributed by atoms with Crippen LogP contribution in [0.1, 0.15) is 12.5 Å². The average molecular weight is 194 g/mol. The Morgan fingerprint density at radius 3 is 2.86 bits per heavy atom. The van der Waals surface area contributed by atoms with E-state index in [-0.39, 0.29) is 5.69 Å². The minimum absolute atomic E-state index is 0.0492. The van der Waals surface area contributed by atoms with E-state index in [1.807, 2.05) is 0 Å². The Labute approximate surface area is 81.1 Å². The van der Waals surface area contributed by atoms with Gasteiger partial charge in [0, 0.05) is 17.7 Å². The molecule has 0 saturated carbocycles. The Balaban J connectivity index is 3.05. The topological polar surface area (TPSA) is 64.7 Å². The highest BCUT2D eigenvalue weighted by Crippen LogP contribution is 2.13. The largest absolute Gasteiger partial charge is 0.399 e. The van der Waals surface area contributed by atoms with Gasteiger partial charge in [0.2, 0.25) is 0 Å². The van der Waals surface area contributed by atoms with Crippen LogP contribution >= 0.6 is 0 Å². The summed E-state index contributed by atoms with van der Waals surface area (Å²) >= 11 is 0. The first-order chi connectivity index (χ1) is 6.65. The molecule has 0 heterocycles. The van der Waals surface area contributed by atoms with Gasteiger partial charge in [-0.05, 0) is 6.92 Å². The molecular formula is C9H10N2O3. The first kappa shape index (κ1) is 10.2. The van der Waals surface area contributed by atoms with Gasteiger partial charge in [-0.15, -0.1) is 0 Å². The van der Waals surface area contributed by atoms with Gasteiger partial charge in [-0.3, -0.25) is 10.1 Å². The Morgan fingerprint density at radius 2 is 2.29 bits per heavy atom. The molecule has 0 aliphatic heterocycles. The van der Waals surface area contributed by atoms with Gasteiger partial charge in [0.15, 0.2) is 0 Å². The minimum Gasteiger partial charge on any atom is -0.399 e. The van der Waals surface area contributed by atoms with Gasteiger partial charge < -0.3 is 4.84 Å². The molecular weight excluding hydrogens is 184 g/mol. The number of hydrogen-bond donors (Lipinski definition) is 0. The molecule has 0 amide bonds. The van der Waals surface area contributed by atoms with Crippen LogP contribution in [0.2, 0.25) is 0 Å². The third kappa shape index (κ3) is 2.29. The van der Waals surface area contributed by atoms with E-state index < -0.39 is 4.92 Å². The van der Waals surface area contributed by atoms with E-state index in [2.05, 4.69) is 9.99 Å². The van der Waals surface area contributed by atoms with Crippen LogP contribution in [-0.4, -0.2) is 17.7 Å². The number of nitro benzene ring substituents is 1. The van der Waals surface area contributed by atoms with Crippen molar-refractivity contribution in [3.05, 3.63) is 39.9 Å². The summed E-state index contributed by atoms with van der Waals surface area (Å²) in [7, 11) is 1.43. The second-order valence-corrected chi connectivity index (χ2v) is 2.67. The third-order valence-electron chi connectivity index (χ3n) is 1.70. The highest BCUT2D eigenvalue weighted by atomic mass is 16.6. The fraction of sp³-hybridized carbons (Fsp3) is 0.222. The number of non-ortho nitro benzene ring substituents is 1. The van der Waals surface area contributed by atoms with E-state index in [1.54, 1.807) is 19.1 Å². The highest BCUT2D eigenvalue weighted by molar-refractivity contribution is 5.98. The Hall–Kier alpha value is -1.91. The van der Waals surface area contributed by atoms with Crippen LogP contribution in [0.4, 0.5) is 5.69 Å². The molecule has 0 saturated heterocycles. The van der Waals surface area contributed by atoms with E-state index in [1.165, 1.54) is 19.2 Å². The zero-order valence-electron chi connectivity index (χ0n) is 7.93. The molecule has 0 radical (unpaired) electrons. The van der Waals surface area contributed by atoms with E-state index in [4.69, 9.17) is 0 Å². The van der Waals surface area contributed by atoms with Crippen molar-refractivity contribution in [3.8, 4) is 0 Å². The lowest BCUT2D eigenvalue weighted by molar-refractivity contribution is -0.384. The molecule has 0 unspecified atom stereocenters. The molecule has 0 atom stereocenters. The van der Waals surface area contributed by atoms with Gasteiger partial charge in [-0.2, -0.15) is 0 Å². The summed E-state index contributed by atoms with van der Waals surface area (Å²) in [6.45, 7) is 1.72. The SMILES string of the molecule is CO/N=C(\C)c1cccc([N+](=O)[O-])c1. The van der Waals surface area contributed by atoms with Crippen molar-refractivity contribution >= 4 is 11.4 Å². The lowest BCUT2D eigenvalue weighted by Crippen LogP contribution is -1.97. The molecule has 14 heavy (non-hydrogen) atoms. The van der Waals surface area contributed by atoms with Gasteiger partial charge in [-0.1, -0.05) is 17.3 Å². The molecule has 1 aromatic carbocycles. The summed E-state index contributed by atoms with van der Waals surface area (Å²) in [6, 6.07) is 6.24. The molecule has 1 rings (SSSR count). The van der Waals surface area contributed by atoms with Crippen LogP contribution in [0.25, 0.3) is 0 Å². The number of oxime groups is 1. The fourth-order valence-electron chi connectivity index (χ4n) is 1.03.